The maximum atomic E-state index is 10.9. The maximum absolute atomic E-state index is 10.9. The average Bonchev–Trinajstić information content (AvgIpc) is 2.78. The van der Waals surface area contributed by atoms with Gasteiger partial charge in [0.15, 0.2) is 5.78 Å². The van der Waals surface area contributed by atoms with Crippen molar-refractivity contribution in [1.82, 2.24) is 0 Å². The van der Waals surface area contributed by atoms with Gasteiger partial charge < -0.3 is 20.3 Å². The number of ether oxygens (including phenoxy) is 2. The van der Waals surface area contributed by atoms with E-state index in [1.807, 2.05) is 25.1 Å². The number of hydrogen-bond donors (Lipinski definition) is 2. The summed E-state index contributed by atoms with van der Waals surface area (Å²) in [6.45, 7) is 10.3. The van der Waals surface area contributed by atoms with Crippen LogP contribution in [0.15, 0.2) is 24.3 Å². The third-order valence-electron chi connectivity index (χ3n) is 5.43. The molecule has 0 aliphatic carbocycles. The van der Waals surface area contributed by atoms with Gasteiger partial charge in [0.2, 0.25) is 0 Å². The number of para-hydroxylation sites is 1. The molecule has 1 aromatic rings. The number of nitrogens with two attached hydrogens (primary N) is 1. The van der Waals surface area contributed by atoms with Crippen LogP contribution in [0.5, 0.6) is 5.75 Å². The Hall–Kier alpha value is -1.43. The molecule has 0 saturated carbocycles. The largest absolute Gasteiger partial charge is 0.487 e. The van der Waals surface area contributed by atoms with Gasteiger partial charge in [-0.25, -0.2) is 0 Å². The fourth-order valence-electron chi connectivity index (χ4n) is 3.77. The van der Waals surface area contributed by atoms with Gasteiger partial charge in [0.25, 0.3) is 0 Å². The van der Waals surface area contributed by atoms with E-state index in [1.165, 1.54) is 12.6 Å². The monoisotopic (exact) mass is 423 g/mol. The van der Waals surface area contributed by atoms with Gasteiger partial charge in [0.1, 0.15) is 18.5 Å². The molecule has 1 unspecified atom stereocenters. The van der Waals surface area contributed by atoms with Gasteiger partial charge >= 0.3 is 0 Å². The van der Waals surface area contributed by atoms with Gasteiger partial charge in [-0.05, 0) is 64.1 Å². The lowest BCUT2D eigenvalue weighted by molar-refractivity contribution is -0.131. The molecule has 0 bridgehead atoms. The van der Waals surface area contributed by atoms with Crippen LogP contribution in [-0.4, -0.2) is 42.4 Å². The second kappa shape index (κ2) is 16.3. The van der Waals surface area contributed by atoms with Crippen LogP contribution in [0.4, 0.5) is 0 Å². The van der Waals surface area contributed by atoms with Crippen molar-refractivity contribution in [2.75, 3.05) is 13.7 Å². The second-order valence-corrected chi connectivity index (χ2v) is 7.81. The first kappa shape index (κ1) is 28.6. The molecule has 5 nitrogen and oxygen atoms in total. The molecule has 0 saturated heterocycles. The summed E-state index contributed by atoms with van der Waals surface area (Å²) >= 11 is 0. The zero-order chi connectivity index (χ0) is 23.0. The fraction of sp³-hybridized carbons (Fsp3) is 0.720. The molecule has 174 valence electrons. The van der Waals surface area contributed by atoms with E-state index in [9.17, 15) is 9.90 Å². The third-order valence-corrected chi connectivity index (χ3v) is 5.43. The van der Waals surface area contributed by atoms with Crippen molar-refractivity contribution in [3.8, 4) is 5.75 Å². The summed E-state index contributed by atoms with van der Waals surface area (Å²) in [5.41, 5.74) is 5.71. The van der Waals surface area contributed by atoms with Crippen LogP contribution in [-0.2, 0) is 16.0 Å². The minimum atomic E-state index is -0.330. The highest BCUT2D eigenvalue weighted by Crippen LogP contribution is 2.29. The van der Waals surface area contributed by atoms with Gasteiger partial charge in [0, 0.05) is 0 Å². The van der Waals surface area contributed by atoms with E-state index in [4.69, 9.17) is 9.47 Å². The van der Waals surface area contributed by atoms with Crippen LogP contribution >= 0.6 is 0 Å². The number of fused-ring (bicyclic) bond motifs is 1. The highest BCUT2D eigenvalue weighted by molar-refractivity contribution is 5.76. The first-order valence-corrected chi connectivity index (χ1v) is 11.5. The van der Waals surface area contributed by atoms with Gasteiger partial charge in [-0.3, -0.25) is 4.79 Å². The zero-order valence-electron chi connectivity index (χ0n) is 20.1. The predicted molar refractivity (Wildman–Crippen MR) is 125 cm³/mol. The van der Waals surface area contributed by atoms with Gasteiger partial charge in [0.05, 0.1) is 11.7 Å². The number of hydrogen-bond acceptors (Lipinski definition) is 5. The average molecular weight is 424 g/mol. The van der Waals surface area contributed by atoms with Gasteiger partial charge in [-0.1, -0.05) is 58.7 Å². The summed E-state index contributed by atoms with van der Waals surface area (Å²) in [5.74, 6) is 1.06. The SMILES string of the molecule is CCCC(CC)(CCC)OCC(C)=O.CC[C@@H](O)C1CCc2ccccc2O1.CN. The molecule has 1 aromatic carbocycles. The molecule has 1 heterocycles. The molecule has 2 rings (SSSR count). The molecular formula is C25H45NO4. The number of ketones is 1. The second-order valence-electron chi connectivity index (χ2n) is 7.81. The van der Waals surface area contributed by atoms with E-state index >= 15 is 0 Å². The van der Waals surface area contributed by atoms with Crippen LogP contribution in [0.1, 0.15) is 85.1 Å². The molecule has 5 heteroatoms. The normalized spacial score (nSPS) is 16.1. The van der Waals surface area contributed by atoms with Crippen molar-refractivity contribution in [3.05, 3.63) is 29.8 Å². The number of Topliss-reactive ketones (excluding diaryl/α,β-unsaturated/α-hetero) is 1. The summed E-state index contributed by atoms with van der Waals surface area (Å²) in [4.78, 5) is 10.9. The molecule has 0 amide bonds. The van der Waals surface area contributed by atoms with Crippen molar-refractivity contribution in [2.24, 2.45) is 5.73 Å². The fourth-order valence-corrected chi connectivity index (χ4v) is 3.77. The van der Waals surface area contributed by atoms with E-state index in [-0.39, 0.29) is 30.2 Å². The summed E-state index contributed by atoms with van der Waals surface area (Å²) < 4.78 is 11.5. The first-order valence-electron chi connectivity index (χ1n) is 11.5. The molecule has 2 atom stereocenters. The van der Waals surface area contributed by atoms with Crippen molar-refractivity contribution in [2.45, 2.75) is 104 Å². The smallest absolute Gasteiger partial charge is 0.155 e. The molecule has 1 aliphatic rings. The van der Waals surface area contributed by atoms with Crippen molar-refractivity contribution in [3.63, 3.8) is 0 Å². The van der Waals surface area contributed by atoms with Crippen LogP contribution in [0, 0.1) is 0 Å². The summed E-state index contributed by atoms with van der Waals surface area (Å²) in [6, 6.07) is 8.06. The Morgan fingerprint density at radius 2 is 1.80 bits per heavy atom. The molecule has 0 fully saturated rings. The highest BCUT2D eigenvalue weighted by Gasteiger charge is 2.27. The van der Waals surface area contributed by atoms with Crippen LogP contribution in [0.25, 0.3) is 0 Å². The number of aliphatic hydroxyl groups is 1. The molecular weight excluding hydrogens is 378 g/mol. The highest BCUT2D eigenvalue weighted by atomic mass is 16.5. The van der Waals surface area contributed by atoms with E-state index in [1.54, 1.807) is 6.92 Å². The topological polar surface area (TPSA) is 81.8 Å². The number of benzene rings is 1. The molecule has 0 spiro atoms. The van der Waals surface area contributed by atoms with E-state index in [0.717, 1.165) is 57.1 Å². The Bertz CT molecular complexity index is 570. The Morgan fingerprint density at radius 3 is 2.30 bits per heavy atom. The molecule has 1 aliphatic heterocycles. The number of aryl methyl sites for hydroxylation is 1. The minimum absolute atomic E-state index is 0.0186. The Kier molecular flexibility index (Phi) is 15.5. The number of aliphatic hydroxyl groups excluding tert-OH is 1. The van der Waals surface area contributed by atoms with Gasteiger partial charge in [-0.15, -0.1) is 0 Å². The lowest BCUT2D eigenvalue weighted by atomic mass is 9.89. The lowest BCUT2D eigenvalue weighted by Gasteiger charge is -2.32. The van der Waals surface area contributed by atoms with Crippen molar-refractivity contribution < 1.29 is 19.4 Å². The van der Waals surface area contributed by atoms with Crippen LogP contribution < -0.4 is 10.5 Å². The van der Waals surface area contributed by atoms with Crippen molar-refractivity contribution >= 4 is 5.78 Å². The molecule has 3 N–H and O–H groups in total. The summed E-state index contributed by atoms with van der Waals surface area (Å²) in [5, 5.41) is 9.68. The van der Waals surface area contributed by atoms with E-state index < -0.39 is 0 Å². The Labute approximate surface area is 184 Å². The Balaban J connectivity index is 0.000000518. The number of carbonyl (C=O) groups is 1. The predicted octanol–water partition coefficient (Wildman–Crippen LogP) is 5.07. The standard InChI is InChI=1S/C12H16O2.C12H24O2.CH5N/c1-2-10(13)12-8-7-9-5-3-4-6-11(9)14-12;1-5-8-12(7-3,9-6-2)14-10-11(4)13;1-2/h3-6,10,12-13H,2,7-8H2,1H3;5-10H2,1-4H3;2H2,1H3/t10-,12?;;/m1../s1. The third kappa shape index (κ3) is 10.1. The maximum Gasteiger partial charge on any atom is 0.155 e. The van der Waals surface area contributed by atoms with Crippen LogP contribution in [0.3, 0.4) is 0 Å². The van der Waals surface area contributed by atoms with E-state index in [0.29, 0.717) is 0 Å². The molecule has 0 aromatic heterocycles. The quantitative estimate of drug-likeness (QED) is 0.549. The Morgan fingerprint density at radius 1 is 1.20 bits per heavy atom. The van der Waals surface area contributed by atoms with Crippen LogP contribution in [0.2, 0.25) is 0 Å². The zero-order valence-corrected chi connectivity index (χ0v) is 20.1. The molecule has 30 heavy (non-hydrogen) atoms. The van der Waals surface area contributed by atoms with E-state index in [2.05, 4.69) is 32.6 Å². The summed E-state index contributed by atoms with van der Waals surface area (Å²) in [7, 11) is 1.50. The number of carbonyl (C=O) groups excluding carboxylic acids is 1. The summed E-state index contributed by atoms with van der Waals surface area (Å²) in [6.07, 6.45) is 7.70. The van der Waals surface area contributed by atoms with Gasteiger partial charge in [-0.2, -0.15) is 0 Å². The minimum Gasteiger partial charge on any atom is -0.487 e. The molecule has 0 radical (unpaired) electrons. The first-order chi connectivity index (χ1) is 14.4. The van der Waals surface area contributed by atoms with Crippen molar-refractivity contribution in [1.29, 1.82) is 0 Å². The number of rotatable bonds is 10. The lowest BCUT2D eigenvalue weighted by Crippen LogP contribution is -2.34.